The molecule has 1 fully saturated rings. The summed E-state index contributed by atoms with van der Waals surface area (Å²) in [5.74, 6) is -1.40. The van der Waals surface area contributed by atoms with Crippen LogP contribution in [0.3, 0.4) is 0 Å². The maximum atomic E-state index is 13.8. The summed E-state index contributed by atoms with van der Waals surface area (Å²) in [5, 5.41) is 9.75. The van der Waals surface area contributed by atoms with E-state index < -0.39 is 17.7 Å². The summed E-state index contributed by atoms with van der Waals surface area (Å²) in [6.45, 7) is 2.60. The number of benzene rings is 1. The van der Waals surface area contributed by atoms with Crippen molar-refractivity contribution in [2.45, 2.75) is 19.4 Å². The normalized spacial score (nSPS) is 24.1. The highest BCUT2D eigenvalue weighted by atomic mass is 19.1. The van der Waals surface area contributed by atoms with Crippen molar-refractivity contribution in [1.82, 2.24) is 0 Å². The summed E-state index contributed by atoms with van der Waals surface area (Å²) in [4.78, 5) is 12.0. The van der Waals surface area contributed by atoms with Crippen molar-refractivity contribution in [3.63, 3.8) is 0 Å². The van der Waals surface area contributed by atoms with Crippen molar-refractivity contribution >= 4 is 12.0 Å². The Labute approximate surface area is 104 Å². The Kier molecular flexibility index (Phi) is 3.61. The van der Waals surface area contributed by atoms with Gasteiger partial charge in [-0.1, -0.05) is 6.92 Å². The number of aldehydes is 1. The zero-order valence-electron chi connectivity index (χ0n) is 10.1. The number of aliphatic hydroxyl groups excluding tert-OH is 1. The van der Waals surface area contributed by atoms with Gasteiger partial charge in [0.15, 0.2) is 0 Å². The minimum Gasteiger partial charge on any atom is -0.391 e. The van der Waals surface area contributed by atoms with Crippen LogP contribution in [0.2, 0.25) is 0 Å². The van der Waals surface area contributed by atoms with E-state index in [9.17, 15) is 18.7 Å². The third-order valence-corrected chi connectivity index (χ3v) is 3.41. The van der Waals surface area contributed by atoms with Crippen molar-refractivity contribution in [2.24, 2.45) is 5.92 Å². The highest BCUT2D eigenvalue weighted by molar-refractivity contribution is 5.76. The van der Waals surface area contributed by atoms with Gasteiger partial charge in [-0.25, -0.2) is 8.78 Å². The summed E-state index contributed by atoms with van der Waals surface area (Å²) >= 11 is 0. The molecular formula is C13H15F2NO2. The number of hydrogen-bond acceptors (Lipinski definition) is 3. The number of piperidine rings is 1. The maximum Gasteiger partial charge on any atom is 0.150 e. The van der Waals surface area contributed by atoms with E-state index in [1.165, 1.54) is 4.90 Å². The molecule has 2 unspecified atom stereocenters. The first kappa shape index (κ1) is 13.0. The summed E-state index contributed by atoms with van der Waals surface area (Å²) in [6, 6.07) is 2.02. The van der Waals surface area contributed by atoms with Gasteiger partial charge in [-0.2, -0.15) is 0 Å². The van der Waals surface area contributed by atoms with E-state index in [1.54, 1.807) is 0 Å². The number of hydrogen-bond donors (Lipinski definition) is 1. The molecule has 0 saturated carbocycles. The lowest BCUT2D eigenvalue weighted by molar-refractivity contribution is 0.102. The van der Waals surface area contributed by atoms with E-state index in [2.05, 4.69) is 0 Å². The van der Waals surface area contributed by atoms with Crippen LogP contribution < -0.4 is 4.90 Å². The minimum atomic E-state index is -0.765. The summed E-state index contributed by atoms with van der Waals surface area (Å²) in [6.07, 6.45) is 0.488. The fourth-order valence-electron chi connectivity index (χ4n) is 2.21. The van der Waals surface area contributed by atoms with Crippen LogP contribution in [0.1, 0.15) is 23.7 Å². The highest BCUT2D eigenvalue weighted by Gasteiger charge is 2.27. The van der Waals surface area contributed by atoms with Crippen LogP contribution in [-0.4, -0.2) is 30.6 Å². The van der Waals surface area contributed by atoms with Gasteiger partial charge < -0.3 is 10.0 Å². The number of β-amino-alcohol motifs (C(OH)–C–C–N with tert-alkyl or cyclic N) is 1. The largest absolute Gasteiger partial charge is 0.391 e. The average Bonchev–Trinajstić information content (AvgIpc) is 2.32. The Morgan fingerprint density at radius 2 is 2.00 bits per heavy atom. The van der Waals surface area contributed by atoms with E-state index >= 15 is 0 Å². The van der Waals surface area contributed by atoms with Crippen molar-refractivity contribution < 1.29 is 18.7 Å². The van der Waals surface area contributed by atoms with Crippen LogP contribution in [0.15, 0.2) is 12.1 Å². The predicted octanol–water partition coefficient (Wildman–Crippen LogP) is 1.98. The first-order valence-electron chi connectivity index (χ1n) is 5.90. The molecule has 0 radical (unpaired) electrons. The number of rotatable bonds is 2. The Hall–Kier alpha value is -1.49. The third kappa shape index (κ3) is 2.36. The van der Waals surface area contributed by atoms with Crippen molar-refractivity contribution in [1.29, 1.82) is 0 Å². The number of anilines is 1. The fraction of sp³-hybridized carbons (Fsp3) is 0.462. The van der Waals surface area contributed by atoms with E-state index in [4.69, 9.17) is 0 Å². The van der Waals surface area contributed by atoms with E-state index in [0.29, 0.717) is 19.3 Å². The maximum absolute atomic E-state index is 13.8. The standard InChI is InChI=1S/C13H15F2NO2/c1-8-2-3-16(6-12(8)18)13-10(14)4-9(7-17)5-11(13)15/h4-5,7-8,12,18H,2-3,6H2,1H3. The van der Waals surface area contributed by atoms with Crippen LogP contribution in [0.4, 0.5) is 14.5 Å². The van der Waals surface area contributed by atoms with Crippen molar-refractivity contribution in [3.05, 3.63) is 29.3 Å². The molecule has 0 aromatic heterocycles. The second-order valence-electron chi connectivity index (χ2n) is 4.73. The lowest BCUT2D eigenvalue weighted by Gasteiger charge is -2.36. The van der Waals surface area contributed by atoms with Gasteiger partial charge in [-0.15, -0.1) is 0 Å². The molecule has 1 aromatic rings. The number of carbonyl (C=O) groups is 1. The molecule has 1 aliphatic heterocycles. The average molecular weight is 255 g/mol. The topological polar surface area (TPSA) is 40.5 Å². The van der Waals surface area contributed by atoms with Crippen LogP contribution in [0.25, 0.3) is 0 Å². The molecule has 98 valence electrons. The molecule has 3 nitrogen and oxygen atoms in total. The molecule has 18 heavy (non-hydrogen) atoms. The zero-order chi connectivity index (χ0) is 13.3. The SMILES string of the molecule is CC1CCN(c2c(F)cc(C=O)cc2F)CC1O. The summed E-state index contributed by atoms with van der Waals surface area (Å²) < 4.78 is 27.6. The molecule has 5 heteroatoms. The fourth-order valence-corrected chi connectivity index (χ4v) is 2.21. The molecule has 1 N–H and O–H groups in total. The van der Waals surface area contributed by atoms with Gasteiger partial charge in [0.1, 0.15) is 23.6 Å². The Morgan fingerprint density at radius 1 is 1.39 bits per heavy atom. The molecule has 0 spiro atoms. The second kappa shape index (κ2) is 5.02. The van der Waals surface area contributed by atoms with Gasteiger partial charge in [0.05, 0.1) is 6.10 Å². The van der Waals surface area contributed by atoms with Crippen LogP contribution >= 0.6 is 0 Å². The number of carbonyl (C=O) groups excluding carboxylic acids is 1. The van der Waals surface area contributed by atoms with Gasteiger partial charge in [0.2, 0.25) is 0 Å². The third-order valence-electron chi connectivity index (χ3n) is 3.41. The van der Waals surface area contributed by atoms with Crippen molar-refractivity contribution in [3.8, 4) is 0 Å². The quantitative estimate of drug-likeness (QED) is 0.821. The first-order valence-corrected chi connectivity index (χ1v) is 5.90. The second-order valence-corrected chi connectivity index (χ2v) is 4.73. The highest BCUT2D eigenvalue weighted by Crippen LogP contribution is 2.29. The Balaban J connectivity index is 2.31. The van der Waals surface area contributed by atoms with Crippen LogP contribution in [0.5, 0.6) is 0 Å². The van der Waals surface area contributed by atoms with E-state index in [1.807, 2.05) is 6.92 Å². The Morgan fingerprint density at radius 3 is 2.50 bits per heavy atom. The van der Waals surface area contributed by atoms with E-state index in [0.717, 1.165) is 12.1 Å². The lowest BCUT2D eigenvalue weighted by Crippen LogP contribution is -2.43. The Bertz CT molecular complexity index is 441. The molecule has 0 bridgehead atoms. The molecule has 2 rings (SSSR count). The van der Waals surface area contributed by atoms with Gasteiger partial charge >= 0.3 is 0 Å². The monoisotopic (exact) mass is 255 g/mol. The molecule has 1 aromatic carbocycles. The van der Waals surface area contributed by atoms with Gasteiger partial charge in [-0.3, -0.25) is 4.79 Å². The molecule has 2 atom stereocenters. The van der Waals surface area contributed by atoms with Crippen LogP contribution in [0, 0.1) is 17.6 Å². The molecule has 1 saturated heterocycles. The lowest BCUT2D eigenvalue weighted by atomic mass is 9.95. The summed E-state index contributed by atoms with van der Waals surface area (Å²) in [5.41, 5.74) is -0.189. The molecule has 0 aliphatic carbocycles. The smallest absolute Gasteiger partial charge is 0.150 e. The van der Waals surface area contributed by atoms with Gasteiger partial charge in [-0.05, 0) is 24.5 Å². The van der Waals surface area contributed by atoms with Gasteiger partial charge in [0.25, 0.3) is 0 Å². The number of aliphatic hydroxyl groups is 1. The molecule has 0 amide bonds. The first-order chi connectivity index (χ1) is 8.52. The van der Waals surface area contributed by atoms with Crippen molar-refractivity contribution in [2.75, 3.05) is 18.0 Å². The number of halogens is 2. The minimum absolute atomic E-state index is 0.0281. The molecule has 1 aliphatic rings. The molecule has 1 heterocycles. The van der Waals surface area contributed by atoms with Gasteiger partial charge in [0, 0.05) is 18.7 Å². The summed E-state index contributed by atoms with van der Waals surface area (Å²) in [7, 11) is 0. The number of nitrogens with zero attached hydrogens (tertiary/aromatic N) is 1. The van der Waals surface area contributed by atoms with E-state index in [-0.39, 0.29) is 23.7 Å². The molecular weight excluding hydrogens is 240 g/mol. The zero-order valence-corrected chi connectivity index (χ0v) is 10.1. The predicted molar refractivity (Wildman–Crippen MR) is 63.7 cm³/mol. The van der Waals surface area contributed by atoms with Crippen LogP contribution in [-0.2, 0) is 0 Å².